The number of nitrogens with zero attached hydrogens (tertiary/aromatic N) is 2. The maximum atomic E-state index is 12.6. The maximum absolute atomic E-state index is 12.6. The molecule has 1 saturated heterocycles. The average Bonchev–Trinajstić information content (AvgIpc) is 3.10. The topological polar surface area (TPSA) is 79.8 Å². The van der Waals surface area contributed by atoms with Crippen molar-refractivity contribution in [3.05, 3.63) is 57.5 Å². The highest BCUT2D eigenvalue weighted by Gasteiger charge is 2.27. The minimum Gasteiger partial charge on any atom is -0.467 e. The second kappa shape index (κ2) is 7.47. The normalized spacial score (nSPS) is 14.7. The molecule has 25 heavy (non-hydrogen) atoms. The fourth-order valence-electron chi connectivity index (χ4n) is 2.73. The van der Waals surface area contributed by atoms with E-state index >= 15 is 0 Å². The number of halogens is 2. The summed E-state index contributed by atoms with van der Waals surface area (Å²) in [6.45, 7) is 2.01. The first-order chi connectivity index (χ1) is 12.0. The fraction of sp³-hybridized carbons (Fsp3) is 0.294. The summed E-state index contributed by atoms with van der Waals surface area (Å²) in [5, 5.41) is 0.803. The molecular weight excluding hydrogens is 365 g/mol. The number of hydrogen-bond donors (Lipinski definition) is 1. The van der Waals surface area contributed by atoms with Gasteiger partial charge in [0.1, 0.15) is 12.0 Å². The number of carbonyl (C=O) groups is 2. The Kier molecular flexibility index (Phi) is 5.32. The van der Waals surface area contributed by atoms with Gasteiger partial charge in [-0.3, -0.25) is 9.59 Å². The monoisotopic (exact) mass is 381 g/mol. The van der Waals surface area contributed by atoms with Crippen LogP contribution in [0.3, 0.4) is 0 Å². The molecule has 0 spiro atoms. The van der Waals surface area contributed by atoms with Gasteiger partial charge in [0.15, 0.2) is 0 Å². The lowest BCUT2D eigenvalue weighted by Gasteiger charge is -2.34. The van der Waals surface area contributed by atoms with Crippen molar-refractivity contribution < 1.29 is 14.0 Å². The summed E-state index contributed by atoms with van der Waals surface area (Å²) in [5.41, 5.74) is 6.37. The molecule has 2 N–H and O–H groups in total. The van der Waals surface area contributed by atoms with Crippen molar-refractivity contribution >= 4 is 35.0 Å². The number of hydrogen-bond acceptors (Lipinski definition) is 4. The number of rotatable bonds is 3. The van der Waals surface area contributed by atoms with Crippen LogP contribution in [0.15, 0.2) is 34.9 Å². The molecule has 0 atom stereocenters. The van der Waals surface area contributed by atoms with E-state index in [1.54, 1.807) is 34.1 Å². The third-order valence-electron chi connectivity index (χ3n) is 4.12. The van der Waals surface area contributed by atoms with Gasteiger partial charge in [0.25, 0.3) is 11.8 Å². The lowest BCUT2D eigenvalue weighted by molar-refractivity contribution is 0.0535. The lowest BCUT2D eigenvalue weighted by Crippen LogP contribution is -2.50. The maximum Gasteiger partial charge on any atom is 0.257 e. The quantitative estimate of drug-likeness (QED) is 0.885. The molecule has 2 amide bonds. The molecule has 0 aliphatic carbocycles. The molecule has 2 heterocycles. The SMILES string of the molecule is NCc1cc(C(=O)N2CCN(C(=O)c3ccc(Cl)cc3Cl)CC2)co1. The van der Waals surface area contributed by atoms with Crippen LogP contribution in [0.2, 0.25) is 10.0 Å². The van der Waals surface area contributed by atoms with E-state index in [0.29, 0.717) is 53.1 Å². The first-order valence-electron chi connectivity index (χ1n) is 7.80. The second-order valence-corrected chi connectivity index (χ2v) is 6.56. The van der Waals surface area contributed by atoms with Crippen LogP contribution in [-0.2, 0) is 6.54 Å². The Hall–Kier alpha value is -2.02. The van der Waals surface area contributed by atoms with E-state index in [1.807, 2.05) is 0 Å². The van der Waals surface area contributed by atoms with Gasteiger partial charge in [0, 0.05) is 31.2 Å². The summed E-state index contributed by atoms with van der Waals surface area (Å²) in [7, 11) is 0. The predicted octanol–water partition coefficient (Wildman–Crippen LogP) is 2.64. The second-order valence-electron chi connectivity index (χ2n) is 5.71. The number of furan rings is 1. The number of piperazine rings is 1. The first kappa shape index (κ1) is 17.8. The molecule has 6 nitrogen and oxygen atoms in total. The molecule has 3 rings (SSSR count). The Bertz CT molecular complexity index is 798. The molecule has 1 aromatic heterocycles. The number of amides is 2. The zero-order chi connectivity index (χ0) is 18.0. The average molecular weight is 382 g/mol. The van der Waals surface area contributed by atoms with Gasteiger partial charge in [0.05, 0.1) is 22.7 Å². The number of carbonyl (C=O) groups excluding carboxylic acids is 2. The van der Waals surface area contributed by atoms with Gasteiger partial charge < -0.3 is 20.0 Å². The molecular formula is C17H17Cl2N3O3. The Morgan fingerprint density at radius 1 is 1.04 bits per heavy atom. The zero-order valence-electron chi connectivity index (χ0n) is 13.4. The summed E-state index contributed by atoms with van der Waals surface area (Å²) in [4.78, 5) is 28.4. The molecule has 1 fully saturated rings. The fourth-order valence-corrected chi connectivity index (χ4v) is 3.22. The van der Waals surface area contributed by atoms with Crippen molar-refractivity contribution in [2.45, 2.75) is 6.54 Å². The molecule has 1 aromatic carbocycles. The number of benzene rings is 1. The molecule has 2 aromatic rings. The van der Waals surface area contributed by atoms with Crippen LogP contribution in [0.5, 0.6) is 0 Å². The molecule has 0 saturated carbocycles. The molecule has 0 unspecified atom stereocenters. The van der Waals surface area contributed by atoms with E-state index in [1.165, 1.54) is 6.26 Å². The summed E-state index contributed by atoms with van der Waals surface area (Å²) >= 11 is 12.0. The van der Waals surface area contributed by atoms with Gasteiger partial charge >= 0.3 is 0 Å². The van der Waals surface area contributed by atoms with Crippen LogP contribution in [-0.4, -0.2) is 47.8 Å². The van der Waals surface area contributed by atoms with Crippen molar-refractivity contribution in [2.24, 2.45) is 5.73 Å². The molecule has 0 bridgehead atoms. The van der Waals surface area contributed by atoms with Gasteiger partial charge in [-0.2, -0.15) is 0 Å². The third kappa shape index (κ3) is 3.81. The van der Waals surface area contributed by atoms with Crippen LogP contribution in [0, 0.1) is 0 Å². The van der Waals surface area contributed by atoms with Crippen LogP contribution >= 0.6 is 23.2 Å². The number of nitrogens with two attached hydrogens (primary N) is 1. The van der Waals surface area contributed by atoms with Gasteiger partial charge in [-0.1, -0.05) is 23.2 Å². The van der Waals surface area contributed by atoms with Crippen molar-refractivity contribution in [1.82, 2.24) is 9.80 Å². The van der Waals surface area contributed by atoms with E-state index in [4.69, 9.17) is 33.4 Å². The molecule has 8 heteroatoms. The van der Waals surface area contributed by atoms with Crippen molar-refractivity contribution in [1.29, 1.82) is 0 Å². The molecule has 1 aliphatic rings. The third-order valence-corrected chi connectivity index (χ3v) is 4.67. The van der Waals surface area contributed by atoms with Crippen molar-refractivity contribution in [2.75, 3.05) is 26.2 Å². The lowest BCUT2D eigenvalue weighted by atomic mass is 10.1. The van der Waals surface area contributed by atoms with Gasteiger partial charge in [-0.15, -0.1) is 0 Å². The Labute approximate surface area is 155 Å². The minimum atomic E-state index is -0.164. The Morgan fingerprint density at radius 2 is 1.68 bits per heavy atom. The highest BCUT2D eigenvalue weighted by Crippen LogP contribution is 2.23. The van der Waals surface area contributed by atoms with Crippen LogP contribution in [0.25, 0.3) is 0 Å². The highest BCUT2D eigenvalue weighted by molar-refractivity contribution is 6.36. The summed E-state index contributed by atoms with van der Waals surface area (Å²) < 4.78 is 5.20. The van der Waals surface area contributed by atoms with E-state index in [-0.39, 0.29) is 18.4 Å². The largest absolute Gasteiger partial charge is 0.467 e. The summed E-state index contributed by atoms with van der Waals surface area (Å²) in [6, 6.07) is 6.44. The Morgan fingerprint density at radius 3 is 2.24 bits per heavy atom. The summed E-state index contributed by atoms with van der Waals surface area (Å²) in [5.74, 6) is 0.275. The first-order valence-corrected chi connectivity index (χ1v) is 8.56. The van der Waals surface area contributed by atoms with Crippen LogP contribution in [0.4, 0.5) is 0 Å². The van der Waals surface area contributed by atoms with E-state index in [9.17, 15) is 9.59 Å². The standard InChI is InChI=1S/C17H17Cl2N3O3/c18-12-1-2-14(15(19)8-12)17(24)22-5-3-21(4-6-22)16(23)11-7-13(9-20)25-10-11/h1-2,7-8,10H,3-6,9,20H2. The summed E-state index contributed by atoms with van der Waals surface area (Å²) in [6.07, 6.45) is 1.41. The van der Waals surface area contributed by atoms with Crippen molar-refractivity contribution in [3.63, 3.8) is 0 Å². The molecule has 1 aliphatic heterocycles. The smallest absolute Gasteiger partial charge is 0.257 e. The van der Waals surface area contributed by atoms with Gasteiger partial charge in [0.2, 0.25) is 0 Å². The van der Waals surface area contributed by atoms with Crippen molar-refractivity contribution in [3.8, 4) is 0 Å². The minimum absolute atomic E-state index is 0.125. The molecule has 0 radical (unpaired) electrons. The van der Waals surface area contributed by atoms with Gasteiger partial charge in [-0.05, 0) is 24.3 Å². The highest BCUT2D eigenvalue weighted by atomic mass is 35.5. The molecule has 132 valence electrons. The Balaban J connectivity index is 1.63. The van der Waals surface area contributed by atoms with E-state index in [0.717, 1.165) is 0 Å². The van der Waals surface area contributed by atoms with Crippen LogP contribution in [0.1, 0.15) is 26.5 Å². The zero-order valence-corrected chi connectivity index (χ0v) is 14.9. The van der Waals surface area contributed by atoms with E-state index in [2.05, 4.69) is 0 Å². The van der Waals surface area contributed by atoms with E-state index < -0.39 is 0 Å². The van der Waals surface area contributed by atoms with Gasteiger partial charge in [-0.25, -0.2) is 0 Å². The predicted molar refractivity (Wildman–Crippen MR) is 94.9 cm³/mol. The van der Waals surface area contributed by atoms with Crippen LogP contribution < -0.4 is 5.73 Å².